The molecule has 0 amide bonds. The molecule has 0 aliphatic rings. The van der Waals surface area contributed by atoms with E-state index in [0.29, 0.717) is 0 Å². The third kappa shape index (κ3) is 5.64. The fraction of sp³-hybridized carbons (Fsp3) is 0.100. The first-order valence-corrected chi connectivity index (χ1v) is 22.1. The van der Waals surface area contributed by atoms with E-state index in [1.807, 2.05) is 12.1 Å². The van der Waals surface area contributed by atoms with Gasteiger partial charge in [0.2, 0.25) is 0 Å². The van der Waals surface area contributed by atoms with Gasteiger partial charge in [-0.2, -0.15) is 0 Å². The van der Waals surface area contributed by atoms with Crippen LogP contribution in [0, 0.1) is 40.0 Å². The standard InChI is InChI=1S/C60H44N2O2/c1-7-39-13-9-15-45-47-17-11-19-53(59(47)63-57(39)45)61(43-31-35(3)29-36(4)32-43)51-27-23-41-22-26-50-52(28-24-42-21-25-49(51)55(41)56(42)50)62(44-33-37(5)30-38(6)34-44)54-20-12-18-48-46-16-10-14-40(8-2)58(46)64-60(48)54/h1,9-34H,8H2,2-6H3. The van der Waals surface area contributed by atoms with Crippen LogP contribution in [0.5, 0.6) is 0 Å². The molecule has 4 heteroatoms. The molecule has 4 nitrogen and oxygen atoms in total. The van der Waals surface area contributed by atoms with Crippen LogP contribution in [0.2, 0.25) is 0 Å². The SMILES string of the molecule is C#Cc1cccc2c1oc1c(N(c3cc(C)cc(C)c3)c3ccc4ccc5c(N(c6cc(C)cc(C)c6)c6cccc7c6oc6c(CC)cccc67)ccc6ccc3c4c65)cccc12. The summed E-state index contributed by atoms with van der Waals surface area (Å²) in [6, 6.07) is 57.4. The smallest absolute Gasteiger partial charge is 0.159 e. The Hall–Kier alpha value is -8.00. The van der Waals surface area contributed by atoms with Gasteiger partial charge in [0.15, 0.2) is 16.7 Å². The molecule has 64 heavy (non-hydrogen) atoms. The minimum absolute atomic E-state index is 0.730. The van der Waals surface area contributed by atoms with Crippen LogP contribution in [0.1, 0.15) is 40.3 Å². The second kappa shape index (κ2) is 14.3. The molecule has 0 spiro atoms. The van der Waals surface area contributed by atoms with Crippen molar-refractivity contribution in [1.82, 2.24) is 0 Å². The fourth-order valence-corrected chi connectivity index (χ4v) is 10.5. The lowest BCUT2D eigenvalue weighted by Gasteiger charge is -2.30. The largest absolute Gasteiger partial charge is 0.454 e. The molecule has 10 aromatic carbocycles. The van der Waals surface area contributed by atoms with Gasteiger partial charge >= 0.3 is 0 Å². The van der Waals surface area contributed by atoms with Gasteiger partial charge in [-0.1, -0.05) is 116 Å². The summed E-state index contributed by atoms with van der Waals surface area (Å²) in [4.78, 5) is 4.79. The highest BCUT2D eigenvalue weighted by molar-refractivity contribution is 6.29. The van der Waals surface area contributed by atoms with E-state index in [4.69, 9.17) is 15.3 Å². The zero-order chi connectivity index (χ0) is 43.4. The first kappa shape index (κ1) is 37.7. The number of nitrogens with zero attached hydrogens (tertiary/aromatic N) is 2. The minimum atomic E-state index is 0.730. The second-order valence-electron chi connectivity index (χ2n) is 17.4. The van der Waals surface area contributed by atoms with Crippen LogP contribution in [0.4, 0.5) is 34.1 Å². The van der Waals surface area contributed by atoms with Gasteiger partial charge in [0.05, 0.1) is 28.3 Å². The van der Waals surface area contributed by atoms with E-state index in [1.54, 1.807) is 0 Å². The zero-order valence-corrected chi connectivity index (χ0v) is 36.5. The van der Waals surface area contributed by atoms with Crippen LogP contribution < -0.4 is 9.80 Å². The molecule has 0 fully saturated rings. The minimum Gasteiger partial charge on any atom is -0.454 e. The Morgan fingerprint density at radius 3 is 1.33 bits per heavy atom. The maximum absolute atomic E-state index is 6.96. The van der Waals surface area contributed by atoms with Crippen LogP contribution in [-0.4, -0.2) is 0 Å². The van der Waals surface area contributed by atoms with Gasteiger partial charge in [-0.15, -0.1) is 6.42 Å². The highest BCUT2D eigenvalue weighted by Gasteiger charge is 2.26. The average molecular weight is 825 g/mol. The molecular formula is C60H44N2O2. The number of anilines is 6. The molecule has 2 aromatic heterocycles. The van der Waals surface area contributed by atoms with Crippen molar-refractivity contribution in [2.24, 2.45) is 0 Å². The molecule has 0 aliphatic heterocycles. The number of para-hydroxylation sites is 4. The number of furan rings is 2. The van der Waals surface area contributed by atoms with Crippen LogP contribution >= 0.6 is 0 Å². The number of aryl methyl sites for hydroxylation is 5. The van der Waals surface area contributed by atoms with E-state index >= 15 is 0 Å². The van der Waals surface area contributed by atoms with Crippen molar-refractivity contribution in [3.05, 3.63) is 191 Å². The summed E-state index contributed by atoms with van der Waals surface area (Å²) in [7, 11) is 0. The summed E-state index contributed by atoms with van der Waals surface area (Å²) in [6.07, 6.45) is 6.91. The Morgan fingerprint density at radius 2 is 0.844 bits per heavy atom. The van der Waals surface area contributed by atoms with Crippen molar-refractivity contribution in [2.45, 2.75) is 41.0 Å². The molecule has 0 atom stereocenters. The monoisotopic (exact) mass is 824 g/mol. The number of rotatable bonds is 7. The Labute approximate surface area is 371 Å². The molecule has 0 bridgehead atoms. The molecule has 2 heterocycles. The van der Waals surface area contributed by atoms with Gasteiger partial charge in [0.25, 0.3) is 0 Å². The van der Waals surface area contributed by atoms with E-state index in [2.05, 4.69) is 196 Å². The summed E-state index contributed by atoms with van der Waals surface area (Å²) in [5.74, 6) is 2.85. The normalized spacial score (nSPS) is 11.9. The van der Waals surface area contributed by atoms with E-state index in [9.17, 15) is 0 Å². The highest BCUT2D eigenvalue weighted by atomic mass is 16.3. The summed E-state index contributed by atoms with van der Waals surface area (Å²) in [5, 5.41) is 11.4. The molecule has 306 valence electrons. The van der Waals surface area contributed by atoms with Crippen molar-refractivity contribution < 1.29 is 8.83 Å². The number of hydrogen-bond donors (Lipinski definition) is 0. The molecule has 0 N–H and O–H groups in total. The molecule has 0 aliphatic carbocycles. The van der Waals surface area contributed by atoms with Crippen LogP contribution in [0.25, 0.3) is 76.2 Å². The Balaban J connectivity index is 1.15. The second-order valence-corrected chi connectivity index (χ2v) is 17.4. The van der Waals surface area contributed by atoms with E-state index in [-0.39, 0.29) is 0 Å². The lowest BCUT2D eigenvalue weighted by molar-refractivity contribution is 0.663. The van der Waals surface area contributed by atoms with Gasteiger partial charge < -0.3 is 18.6 Å². The first-order chi connectivity index (χ1) is 31.3. The lowest BCUT2D eigenvalue weighted by atomic mass is 9.91. The number of fused-ring (bicyclic) bond motifs is 6. The number of terminal acetylenes is 1. The lowest BCUT2D eigenvalue weighted by Crippen LogP contribution is -2.12. The van der Waals surface area contributed by atoms with Crippen molar-refractivity contribution in [3.63, 3.8) is 0 Å². The molecule has 12 aromatic rings. The Bertz CT molecular complexity index is 3870. The summed E-state index contributed by atoms with van der Waals surface area (Å²) in [6.45, 7) is 10.9. The van der Waals surface area contributed by atoms with Gasteiger partial charge in [-0.05, 0) is 138 Å². The molecule has 0 unspecified atom stereocenters. The summed E-state index contributed by atoms with van der Waals surface area (Å²) < 4.78 is 13.8. The third-order valence-corrected chi connectivity index (χ3v) is 13.1. The van der Waals surface area contributed by atoms with Gasteiger partial charge in [0, 0.05) is 43.7 Å². The van der Waals surface area contributed by atoms with Gasteiger partial charge in [0.1, 0.15) is 5.58 Å². The van der Waals surface area contributed by atoms with Crippen LogP contribution in [-0.2, 0) is 6.42 Å². The topological polar surface area (TPSA) is 32.8 Å². The van der Waals surface area contributed by atoms with Crippen LogP contribution in [0.3, 0.4) is 0 Å². The molecule has 0 saturated heterocycles. The number of hydrogen-bond acceptors (Lipinski definition) is 4. The van der Waals surface area contributed by atoms with E-state index in [0.717, 1.165) is 101 Å². The summed E-state index contributed by atoms with van der Waals surface area (Å²) >= 11 is 0. The summed E-state index contributed by atoms with van der Waals surface area (Å²) in [5.41, 5.74) is 16.3. The predicted molar refractivity (Wildman–Crippen MR) is 270 cm³/mol. The highest BCUT2D eigenvalue weighted by Crippen LogP contribution is 2.51. The number of benzene rings is 10. The van der Waals surface area contributed by atoms with Crippen molar-refractivity contribution >= 4 is 110 Å². The van der Waals surface area contributed by atoms with Crippen LogP contribution in [0.15, 0.2) is 167 Å². The average Bonchev–Trinajstić information content (AvgIpc) is 3.88. The maximum atomic E-state index is 6.96. The van der Waals surface area contributed by atoms with Crippen molar-refractivity contribution in [2.75, 3.05) is 9.80 Å². The Morgan fingerprint density at radius 1 is 0.422 bits per heavy atom. The quantitative estimate of drug-likeness (QED) is 0.118. The maximum Gasteiger partial charge on any atom is 0.159 e. The van der Waals surface area contributed by atoms with Gasteiger partial charge in [-0.25, -0.2) is 0 Å². The van der Waals surface area contributed by atoms with E-state index in [1.165, 1.54) is 49.4 Å². The zero-order valence-electron chi connectivity index (χ0n) is 36.5. The Kier molecular flexibility index (Phi) is 8.42. The predicted octanol–water partition coefficient (Wildman–Crippen LogP) is 17.1. The fourth-order valence-electron chi connectivity index (χ4n) is 10.5. The van der Waals surface area contributed by atoms with E-state index < -0.39 is 0 Å². The third-order valence-electron chi connectivity index (χ3n) is 13.1. The molecule has 0 saturated carbocycles. The van der Waals surface area contributed by atoms with Crippen molar-refractivity contribution in [1.29, 1.82) is 0 Å². The first-order valence-electron chi connectivity index (χ1n) is 22.1. The molecular weight excluding hydrogens is 781 g/mol. The molecule has 0 radical (unpaired) electrons. The molecule has 12 rings (SSSR count). The van der Waals surface area contributed by atoms with Gasteiger partial charge in [-0.3, -0.25) is 0 Å². The van der Waals surface area contributed by atoms with Crippen molar-refractivity contribution in [3.8, 4) is 12.3 Å².